The maximum absolute atomic E-state index is 4.94. The maximum atomic E-state index is 4.94. The Hall–Kier alpha value is -8.43. The number of aromatic nitrogens is 9. The summed E-state index contributed by atoms with van der Waals surface area (Å²) in [6.45, 7) is 61.3. The van der Waals surface area contributed by atoms with Crippen molar-refractivity contribution in [3.8, 4) is 11.1 Å². The number of fused-ring (bicyclic) bond motifs is 8. The molecule has 5 aromatic heterocycles. The lowest BCUT2D eigenvalue weighted by molar-refractivity contribution is 0.502. The van der Waals surface area contributed by atoms with Gasteiger partial charge in [0.15, 0.2) is 0 Å². The number of aryl methyl sites for hydroxylation is 1. The number of para-hydroxylation sites is 3. The smallest absolute Gasteiger partial charge is 0.134 e. The van der Waals surface area contributed by atoms with Gasteiger partial charge in [-0.25, -0.2) is 39.9 Å². The van der Waals surface area contributed by atoms with Crippen LogP contribution in [0.25, 0.3) is 76.4 Å². The molecule has 9 nitrogen and oxygen atoms in total. The summed E-state index contributed by atoms with van der Waals surface area (Å²) in [4.78, 5) is 43.3. The molecule has 0 bridgehead atoms. The van der Waals surface area contributed by atoms with Crippen molar-refractivity contribution < 1.29 is 0 Å². The molecule has 0 radical (unpaired) electrons. The minimum atomic E-state index is -0.0644. The molecule has 508 valence electrons. The average Bonchev–Trinajstić information content (AvgIpc) is 0.775. The van der Waals surface area contributed by atoms with E-state index in [4.69, 9.17) is 39.9 Å². The topological polar surface area (TPSA) is 116 Å². The molecular formula is C88H111N9. The molecule has 9 heteroatoms. The number of hydrogen-bond acceptors (Lipinski definition) is 9. The number of hydrogen-bond donors (Lipinski definition) is 0. The minimum absolute atomic E-state index is 0.00999. The monoisotopic (exact) mass is 1290 g/mol. The van der Waals surface area contributed by atoms with E-state index >= 15 is 0 Å². The van der Waals surface area contributed by atoms with Crippen molar-refractivity contribution in [1.82, 2.24) is 44.9 Å². The van der Waals surface area contributed by atoms with E-state index in [1.165, 1.54) is 43.4 Å². The Balaban J connectivity index is 0.000000155. The van der Waals surface area contributed by atoms with Crippen LogP contribution in [0.3, 0.4) is 0 Å². The molecule has 0 fully saturated rings. The zero-order chi connectivity index (χ0) is 71.8. The highest BCUT2D eigenvalue weighted by molar-refractivity contribution is 6.08. The molecular weight excluding hydrogens is 1180 g/mol. The Morgan fingerprint density at radius 3 is 1.08 bits per heavy atom. The van der Waals surface area contributed by atoms with Gasteiger partial charge in [-0.2, -0.15) is 0 Å². The second-order valence-corrected chi connectivity index (χ2v) is 35.4. The molecule has 97 heavy (non-hydrogen) atoms. The summed E-state index contributed by atoms with van der Waals surface area (Å²) in [5.74, 6) is 2.68. The fraction of sp³-hybridized carbons (Fsp3) is 0.420. The first-order valence-corrected chi connectivity index (χ1v) is 34.7. The van der Waals surface area contributed by atoms with Crippen LogP contribution in [-0.2, 0) is 48.7 Å². The van der Waals surface area contributed by atoms with Gasteiger partial charge in [0.2, 0.25) is 0 Å². The minimum Gasteiger partial charge on any atom is -0.257 e. The lowest BCUT2D eigenvalue weighted by Gasteiger charge is -2.28. The third-order valence-corrected chi connectivity index (χ3v) is 16.8. The van der Waals surface area contributed by atoms with Crippen molar-refractivity contribution in [3.63, 3.8) is 0 Å². The second kappa shape index (κ2) is 27.8. The number of pyridine rings is 1. The number of rotatable bonds is 1. The highest BCUT2D eigenvalue weighted by atomic mass is 14.9. The van der Waals surface area contributed by atoms with E-state index in [1.807, 2.05) is 37.3 Å². The maximum Gasteiger partial charge on any atom is 0.134 e. The second-order valence-electron chi connectivity index (χ2n) is 35.4. The van der Waals surface area contributed by atoms with Crippen molar-refractivity contribution in [1.29, 1.82) is 0 Å². The molecule has 0 atom stereocenters. The van der Waals surface area contributed by atoms with Crippen molar-refractivity contribution in [3.05, 3.63) is 221 Å². The van der Waals surface area contributed by atoms with Gasteiger partial charge in [-0.05, 0) is 70.6 Å². The first kappa shape index (κ1) is 74.4. The van der Waals surface area contributed by atoms with Crippen LogP contribution in [0.15, 0.2) is 164 Å². The summed E-state index contributed by atoms with van der Waals surface area (Å²) in [6, 6.07) is 56.8. The van der Waals surface area contributed by atoms with Crippen LogP contribution in [0.1, 0.15) is 244 Å². The van der Waals surface area contributed by atoms with E-state index in [-0.39, 0.29) is 48.7 Å². The van der Waals surface area contributed by atoms with E-state index < -0.39 is 0 Å². The highest BCUT2D eigenvalue weighted by Crippen LogP contribution is 2.38. The largest absolute Gasteiger partial charge is 0.257 e. The van der Waals surface area contributed by atoms with Gasteiger partial charge in [0.05, 0.1) is 56.1 Å². The van der Waals surface area contributed by atoms with Gasteiger partial charge in [0.1, 0.15) is 17.5 Å². The zero-order valence-electron chi connectivity index (χ0n) is 64.1. The van der Waals surface area contributed by atoms with E-state index in [1.54, 1.807) is 0 Å². The van der Waals surface area contributed by atoms with E-state index in [0.29, 0.717) is 0 Å². The molecule has 0 unspecified atom stereocenters. The van der Waals surface area contributed by atoms with Crippen LogP contribution < -0.4 is 0 Å². The molecule has 0 aliphatic carbocycles. The predicted octanol–water partition coefficient (Wildman–Crippen LogP) is 23.6. The van der Waals surface area contributed by atoms with Crippen LogP contribution in [0.2, 0.25) is 0 Å². The Labute approximate surface area is 581 Å². The van der Waals surface area contributed by atoms with E-state index in [9.17, 15) is 0 Å². The van der Waals surface area contributed by atoms with Crippen LogP contribution >= 0.6 is 0 Å². The fourth-order valence-corrected chi connectivity index (χ4v) is 11.5. The summed E-state index contributed by atoms with van der Waals surface area (Å²) in [7, 11) is 0. The standard InChI is InChI=1S/C20H24N2.C19H25N.C17H18N2.2C16H22N2/c1-19(2,3)17-15-12-11-13-9-7-8-10-14(13)16(15)21-18(22-17)20(4,5)6;1-18(2,3)16-12-15(14-10-8-7-9-11-14)13-17(20-16)19(4,5)6;1-11-18-14-10-9-12-7-5-6-8-13(12)15(14)16(19-11)17(2,3)4;1-15(2,3)13-14(16(4,5)6)18-12-10-8-7-9-11(12)17-13;1-15(2,3)13-11-9-7-8-10-12(11)17-14(18-13)16(4,5)6/h7-12H,1-6H3;7-13H,1-6H3;5-10H,1-4H3;2*7-10H,1-6H3. The summed E-state index contributed by atoms with van der Waals surface area (Å²) >= 11 is 0. The lowest BCUT2D eigenvalue weighted by Crippen LogP contribution is -2.25. The van der Waals surface area contributed by atoms with Crippen LogP contribution in [0, 0.1) is 6.92 Å². The molecule has 12 aromatic rings. The summed E-state index contributed by atoms with van der Waals surface area (Å²) in [6.07, 6.45) is 0. The van der Waals surface area contributed by atoms with E-state index in [0.717, 1.165) is 90.3 Å². The molecule has 0 N–H and O–H groups in total. The Morgan fingerprint density at radius 1 is 0.227 bits per heavy atom. The zero-order valence-corrected chi connectivity index (χ0v) is 64.1. The summed E-state index contributed by atoms with van der Waals surface area (Å²) in [5.41, 5.74) is 15.6. The van der Waals surface area contributed by atoms with Crippen LogP contribution in [0.5, 0.6) is 0 Å². The van der Waals surface area contributed by atoms with Crippen molar-refractivity contribution >= 4 is 65.3 Å². The molecule has 5 heterocycles. The van der Waals surface area contributed by atoms with Gasteiger partial charge in [-0.1, -0.05) is 314 Å². The first-order valence-electron chi connectivity index (χ1n) is 34.7. The first-order chi connectivity index (χ1) is 44.7. The van der Waals surface area contributed by atoms with Crippen LogP contribution in [-0.4, -0.2) is 44.9 Å². The van der Waals surface area contributed by atoms with Gasteiger partial charge in [-0.15, -0.1) is 0 Å². The molecule has 0 amide bonds. The normalized spacial score (nSPS) is 12.7. The predicted molar refractivity (Wildman–Crippen MR) is 416 cm³/mol. The van der Waals surface area contributed by atoms with Crippen molar-refractivity contribution in [2.75, 3.05) is 0 Å². The summed E-state index contributed by atoms with van der Waals surface area (Å²) < 4.78 is 0. The van der Waals surface area contributed by atoms with Gasteiger partial charge in [-0.3, -0.25) is 4.98 Å². The van der Waals surface area contributed by atoms with Crippen molar-refractivity contribution in [2.24, 2.45) is 0 Å². The average molecular weight is 1290 g/mol. The van der Waals surface area contributed by atoms with Crippen LogP contribution in [0.4, 0.5) is 0 Å². The Morgan fingerprint density at radius 2 is 0.619 bits per heavy atom. The van der Waals surface area contributed by atoms with Gasteiger partial charge in [0, 0.05) is 81.7 Å². The molecule has 12 rings (SSSR count). The SMILES string of the molecule is CC(C)(C)c1cc(-c2ccccc2)cc(C(C)(C)C)n1.CC(C)(C)c1nc(C(C)(C)C)c2ccc3ccccc3c2n1.CC(C)(C)c1nc(C(C)(C)C)c2ccccc2n1.CC(C)(C)c1nc2ccccc2nc1C(C)(C)C.Cc1nc(C(C)(C)C)c2c(ccc3ccccc32)n1. The molecule has 0 aliphatic heterocycles. The van der Waals surface area contributed by atoms with Gasteiger partial charge < -0.3 is 0 Å². The van der Waals surface area contributed by atoms with E-state index in [2.05, 4.69) is 325 Å². The van der Waals surface area contributed by atoms with Gasteiger partial charge >= 0.3 is 0 Å². The molecule has 0 aliphatic rings. The Kier molecular flexibility index (Phi) is 21.3. The summed E-state index contributed by atoms with van der Waals surface area (Å²) in [5, 5.41) is 8.44. The number of nitrogens with zero attached hydrogens (tertiary/aromatic N) is 9. The Bertz CT molecular complexity index is 4660. The molecule has 0 saturated heterocycles. The van der Waals surface area contributed by atoms with Gasteiger partial charge in [0.25, 0.3) is 0 Å². The third-order valence-electron chi connectivity index (χ3n) is 16.8. The van der Waals surface area contributed by atoms with Crippen molar-refractivity contribution in [2.45, 2.75) is 243 Å². The highest BCUT2D eigenvalue weighted by Gasteiger charge is 2.31. The molecule has 0 saturated carbocycles. The molecule has 7 aromatic carbocycles. The molecule has 0 spiro atoms. The lowest BCUT2D eigenvalue weighted by atomic mass is 9.81. The number of benzene rings is 7. The third kappa shape index (κ3) is 18.2. The quantitative estimate of drug-likeness (QED) is 0.148. The fourth-order valence-electron chi connectivity index (χ4n) is 11.5.